The molecule has 3 aromatic rings. The van der Waals surface area contributed by atoms with Crippen LogP contribution in [0.3, 0.4) is 0 Å². The van der Waals surface area contributed by atoms with Crippen LogP contribution in [0.2, 0.25) is 0 Å². The zero-order valence-corrected chi connectivity index (χ0v) is 23.1. The molecule has 0 radical (unpaired) electrons. The number of aromatic nitrogens is 3. The lowest BCUT2D eigenvalue weighted by Crippen LogP contribution is -2.50. The Hall–Kier alpha value is -2.82. The number of amides is 1. The van der Waals surface area contributed by atoms with E-state index in [2.05, 4.69) is 43.4 Å². The van der Waals surface area contributed by atoms with Crippen LogP contribution in [0.4, 0.5) is 5.69 Å². The molecular formula is C28H36N6O3S. The van der Waals surface area contributed by atoms with Gasteiger partial charge in [-0.25, -0.2) is 9.97 Å². The number of ether oxygens (including phenoxy) is 1. The first-order valence-electron chi connectivity index (χ1n) is 13.7. The van der Waals surface area contributed by atoms with Gasteiger partial charge in [-0.05, 0) is 51.8 Å². The second-order valence-electron chi connectivity index (χ2n) is 10.9. The molecule has 0 bridgehead atoms. The van der Waals surface area contributed by atoms with Gasteiger partial charge in [-0.3, -0.25) is 4.79 Å². The Balaban J connectivity index is 1.23. The Kier molecular flexibility index (Phi) is 6.96. The lowest BCUT2D eigenvalue weighted by atomic mass is 10.0. The predicted octanol–water partition coefficient (Wildman–Crippen LogP) is 3.53. The van der Waals surface area contributed by atoms with Crippen LogP contribution in [0.25, 0.3) is 22.3 Å². The average molecular weight is 537 g/mol. The minimum Gasteiger partial charge on any atom is -0.598 e. The number of nitrogens with zero attached hydrogens (tertiary/aromatic N) is 5. The molecule has 202 valence electrons. The number of nitrogens with one attached hydrogen (secondary N) is 1. The van der Waals surface area contributed by atoms with Crippen LogP contribution < -0.4 is 15.0 Å². The molecule has 1 amide bonds. The SMILES string of the molecule is CC(C)[S+]([O-])N1CCN(c2ccc(-c3cc4ncn(C5CC5)c4c(O[C@H](C)[C@H]4CNC(=O)C4)n3)cc2)CC1. The Bertz CT molecular complexity index is 1300. The Morgan fingerprint density at radius 3 is 2.47 bits per heavy atom. The molecular weight excluding hydrogens is 500 g/mol. The molecule has 2 aromatic heterocycles. The summed E-state index contributed by atoms with van der Waals surface area (Å²) in [7, 11) is 0. The van der Waals surface area contributed by atoms with Crippen molar-refractivity contribution in [2.24, 2.45) is 5.92 Å². The van der Waals surface area contributed by atoms with E-state index in [0.29, 0.717) is 24.9 Å². The van der Waals surface area contributed by atoms with Gasteiger partial charge in [-0.2, -0.15) is 0 Å². The van der Waals surface area contributed by atoms with Gasteiger partial charge in [0.15, 0.2) is 0 Å². The van der Waals surface area contributed by atoms with Crippen molar-refractivity contribution in [3.05, 3.63) is 36.7 Å². The third-order valence-corrected chi connectivity index (χ3v) is 9.54. The largest absolute Gasteiger partial charge is 0.598 e. The molecule has 9 nitrogen and oxygen atoms in total. The maximum absolute atomic E-state index is 12.4. The smallest absolute Gasteiger partial charge is 0.241 e. The number of hydrogen-bond donors (Lipinski definition) is 1. The van der Waals surface area contributed by atoms with Crippen LogP contribution in [0.5, 0.6) is 5.88 Å². The van der Waals surface area contributed by atoms with Crippen molar-refractivity contribution < 1.29 is 14.1 Å². The summed E-state index contributed by atoms with van der Waals surface area (Å²) in [5.74, 6) is 0.792. The molecule has 1 aliphatic carbocycles. The fourth-order valence-corrected chi connectivity index (χ4v) is 6.50. The molecule has 38 heavy (non-hydrogen) atoms. The van der Waals surface area contributed by atoms with Crippen molar-refractivity contribution in [2.75, 3.05) is 37.6 Å². The molecule has 10 heteroatoms. The molecule has 3 atom stereocenters. The standard InChI is InChI=1S/C28H36N6O3S/c1-18(2)38(36)33-12-10-32(11-13-33)22-6-4-20(5-7-22)24-15-25-27(34(17-30-25)23-8-9-23)28(31-24)37-19(3)21-14-26(35)29-16-21/h4-7,15,17-19,21,23H,8-14,16H2,1-3H3,(H,29,35)/t19-,21-,38?/m1/s1. The lowest BCUT2D eigenvalue weighted by molar-refractivity contribution is -0.119. The predicted molar refractivity (Wildman–Crippen MR) is 150 cm³/mol. The fourth-order valence-electron chi connectivity index (χ4n) is 5.38. The van der Waals surface area contributed by atoms with Crippen molar-refractivity contribution in [1.82, 2.24) is 24.2 Å². The first kappa shape index (κ1) is 25.5. The van der Waals surface area contributed by atoms with E-state index in [9.17, 15) is 9.35 Å². The van der Waals surface area contributed by atoms with Gasteiger partial charge in [0.2, 0.25) is 11.8 Å². The van der Waals surface area contributed by atoms with Crippen LogP contribution in [-0.4, -0.2) is 73.4 Å². The second-order valence-corrected chi connectivity index (χ2v) is 13.0. The summed E-state index contributed by atoms with van der Waals surface area (Å²) < 4.78 is 23.2. The van der Waals surface area contributed by atoms with Gasteiger partial charge in [0.25, 0.3) is 0 Å². The number of benzene rings is 1. The van der Waals surface area contributed by atoms with Crippen LogP contribution in [0, 0.1) is 5.92 Å². The van der Waals surface area contributed by atoms with E-state index in [-0.39, 0.29) is 23.2 Å². The summed E-state index contributed by atoms with van der Waals surface area (Å²) in [6, 6.07) is 11.0. The topological polar surface area (TPSA) is 98.6 Å². The highest BCUT2D eigenvalue weighted by Gasteiger charge is 2.32. The molecule has 1 aromatic carbocycles. The number of hydrogen-bond acceptors (Lipinski definition) is 7. The molecule has 1 N–H and O–H groups in total. The van der Waals surface area contributed by atoms with E-state index in [1.807, 2.05) is 33.2 Å². The van der Waals surface area contributed by atoms with E-state index in [0.717, 1.165) is 67.0 Å². The number of carbonyl (C=O) groups excluding carboxylic acids is 1. The van der Waals surface area contributed by atoms with Crippen molar-refractivity contribution in [1.29, 1.82) is 0 Å². The zero-order chi connectivity index (χ0) is 26.4. The number of rotatable bonds is 8. The van der Waals surface area contributed by atoms with E-state index in [1.54, 1.807) is 0 Å². The van der Waals surface area contributed by atoms with Crippen molar-refractivity contribution >= 4 is 34.0 Å². The number of piperazine rings is 1. The van der Waals surface area contributed by atoms with E-state index < -0.39 is 11.4 Å². The summed E-state index contributed by atoms with van der Waals surface area (Å²) in [5, 5.41) is 3.06. The Morgan fingerprint density at radius 1 is 1.11 bits per heavy atom. The lowest BCUT2D eigenvalue weighted by Gasteiger charge is -2.36. The summed E-state index contributed by atoms with van der Waals surface area (Å²) in [4.78, 5) is 23.8. The van der Waals surface area contributed by atoms with Gasteiger partial charge in [0.05, 0.1) is 30.6 Å². The summed E-state index contributed by atoms with van der Waals surface area (Å²) in [5.41, 5.74) is 4.81. The monoisotopic (exact) mass is 536 g/mol. The molecule has 3 aliphatic rings. The Labute approximate surface area is 226 Å². The average Bonchev–Trinajstić information content (AvgIpc) is 3.53. The fraction of sp³-hybridized carbons (Fsp3) is 0.536. The molecule has 0 spiro atoms. The first-order chi connectivity index (χ1) is 18.4. The number of fused-ring (bicyclic) bond motifs is 1. The quantitative estimate of drug-likeness (QED) is 0.440. The highest BCUT2D eigenvalue weighted by atomic mass is 32.2. The summed E-state index contributed by atoms with van der Waals surface area (Å²) in [6.45, 7) is 9.98. The van der Waals surface area contributed by atoms with Crippen LogP contribution >= 0.6 is 0 Å². The van der Waals surface area contributed by atoms with E-state index in [1.165, 1.54) is 0 Å². The first-order valence-corrected chi connectivity index (χ1v) is 14.9. The minimum absolute atomic E-state index is 0.0787. The van der Waals surface area contributed by atoms with Crippen molar-refractivity contribution in [3.8, 4) is 17.1 Å². The third kappa shape index (κ3) is 5.09. The molecule has 6 rings (SSSR count). The maximum atomic E-state index is 12.4. The normalized spacial score (nSPS) is 22.2. The molecule has 3 fully saturated rings. The molecule has 1 unspecified atom stereocenters. The second kappa shape index (κ2) is 10.4. The van der Waals surface area contributed by atoms with Crippen LogP contribution in [0.15, 0.2) is 36.7 Å². The summed E-state index contributed by atoms with van der Waals surface area (Å²) >= 11 is -0.918. The van der Waals surface area contributed by atoms with Gasteiger partial charge in [0, 0.05) is 60.6 Å². The summed E-state index contributed by atoms with van der Waals surface area (Å²) in [6.07, 6.45) is 4.53. The number of carbonyl (C=O) groups is 1. The van der Waals surface area contributed by atoms with E-state index >= 15 is 0 Å². The van der Waals surface area contributed by atoms with Gasteiger partial charge < -0.3 is 24.1 Å². The highest BCUT2D eigenvalue weighted by molar-refractivity contribution is 7.89. The number of imidazole rings is 1. The van der Waals surface area contributed by atoms with Gasteiger partial charge in [-0.15, -0.1) is 4.31 Å². The van der Waals surface area contributed by atoms with Crippen molar-refractivity contribution in [2.45, 2.75) is 57.4 Å². The Morgan fingerprint density at radius 2 is 1.84 bits per heavy atom. The van der Waals surface area contributed by atoms with Gasteiger partial charge in [-0.1, -0.05) is 12.1 Å². The number of pyridine rings is 1. The van der Waals surface area contributed by atoms with E-state index in [4.69, 9.17) is 14.7 Å². The molecule has 4 heterocycles. The van der Waals surface area contributed by atoms with Crippen LogP contribution in [-0.2, 0) is 16.2 Å². The van der Waals surface area contributed by atoms with Gasteiger partial charge in [0.1, 0.15) is 16.9 Å². The molecule has 2 aliphatic heterocycles. The third-order valence-electron chi connectivity index (χ3n) is 7.86. The highest BCUT2D eigenvalue weighted by Crippen LogP contribution is 2.40. The molecule has 1 saturated carbocycles. The minimum atomic E-state index is -0.918. The molecule has 2 saturated heterocycles. The zero-order valence-electron chi connectivity index (χ0n) is 22.3. The van der Waals surface area contributed by atoms with Crippen LogP contribution in [0.1, 0.15) is 46.1 Å². The van der Waals surface area contributed by atoms with Gasteiger partial charge >= 0.3 is 0 Å². The number of anilines is 1. The van der Waals surface area contributed by atoms with Crippen molar-refractivity contribution in [3.63, 3.8) is 0 Å². The maximum Gasteiger partial charge on any atom is 0.241 e.